The summed E-state index contributed by atoms with van der Waals surface area (Å²) < 4.78 is 12.6. The third-order valence-electron chi connectivity index (χ3n) is 3.53. The Labute approximate surface area is 158 Å². The zero-order valence-corrected chi connectivity index (χ0v) is 16.1. The minimum atomic E-state index is -0.263. The monoisotopic (exact) mass is 375 g/mol. The van der Waals surface area contributed by atoms with E-state index < -0.39 is 0 Å². The molecule has 0 spiro atoms. The Balaban J connectivity index is 2.12. The number of allylic oxidation sites excluding steroid dienone is 1. The van der Waals surface area contributed by atoms with Gasteiger partial charge in [0.15, 0.2) is 11.0 Å². The van der Waals surface area contributed by atoms with Gasteiger partial charge in [-0.2, -0.15) is 0 Å². The summed E-state index contributed by atoms with van der Waals surface area (Å²) in [4.78, 5) is 11.6. The van der Waals surface area contributed by atoms with Crippen LogP contribution in [0.25, 0.3) is 11.4 Å². The van der Waals surface area contributed by atoms with Crippen molar-refractivity contribution in [2.24, 2.45) is 0 Å². The molecule has 6 nitrogen and oxygen atoms in total. The van der Waals surface area contributed by atoms with E-state index in [0.717, 1.165) is 36.6 Å². The van der Waals surface area contributed by atoms with Crippen molar-refractivity contribution in [1.82, 2.24) is 14.8 Å². The van der Waals surface area contributed by atoms with E-state index in [2.05, 4.69) is 23.7 Å². The zero-order chi connectivity index (χ0) is 18.8. The summed E-state index contributed by atoms with van der Waals surface area (Å²) >= 11 is 1.31. The average Bonchev–Trinajstić information content (AvgIpc) is 3.04. The maximum Gasteiger partial charge on any atom is 0.316 e. The second-order valence-corrected chi connectivity index (χ2v) is 6.47. The Kier molecular flexibility index (Phi) is 8.21. The van der Waals surface area contributed by atoms with Crippen molar-refractivity contribution in [2.75, 3.05) is 19.0 Å². The van der Waals surface area contributed by atoms with E-state index in [1.54, 1.807) is 13.0 Å². The lowest BCUT2D eigenvalue weighted by Gasteiger charge is -2.09. The van der Waals surface area contributed by atoms with E-state index in [0.29, 0.717) is 18.3 Å². The first-order valence-electron chi connectivity index (χ1n) is 8.75. The number of nitrogens with zero attached hydrogens (tertiary/aromatic N) is 3. The molecule has 1 aromatic heterocycles. The number of hydrogen-bond acceptors (Lipinski definition) is 6. The summed E-state index contributed by atoms with van der Waals surface area (Å²) in [6.07, 6.45) is 3.93. The summed E-state index contributed by atoms with van der Waals surface area (Å²) in [5.74, 6) is 1.51. The topological polar surface area (TPSA) is 66.2 Å². The van der Waals surface area contributed by atoms with Crippen molar-refractivity contribution >= 4 is 17.7 Å². The van der Waals surface area contributed by atoms with Gasteiger partial charge >= 0.3 is 5.97 Å². The number of ether oxygens (including phenoxy) is 2. The van der Waals surface area contributed by atoms with Gasteiger partial charge in [-0.15, -0.1) is 16.8 Å². The number of carbonyl (C=O) groups excluding carboxylic acids is 1. The van der Waals surface area contributed by atoms with Crippen molar-refractivity contribution in [3.8, 4) is 17.1 Å². The van der Waals surface area contributed by atoms with Crippen LogP contribution >= 0.6 is 11.8 Å². The van der Waals surface area contributed by atoms with Crippen molar-refractivity contribution in [2.45, 2.75) is 38.4 Å². The van der Waals surface area contributed by atoms with Crippen molar-refractivity contribution in [3.05, 3.63) is 36.9 Å². The third kappa shape index (κ3) is 5.62. The molecule has 0 amide bonds. The number of rotatable bonds is 11. The number of carbonyl (C=O) groups is 1. The molecule has 0 unspecified atom stereocenters. The van der Waals surface area contributed by atoms with Crippen LogP contribution in [0.1, 0.15) is 26.7 Å². The number of benzene rings is 1. The molecule has 2 aromatic rings. The highest BCUT2D eigenvalue weighted by Gasteiger charge is 2.15. The molecular formula is C19H25N3O3S. The Morgan fingerprint density at radius 2 is 2.04 bits per heavy atom. The first-order chi connectivity index (χ1) is 12.7. The summed E-state index contributed by atoms with van der Waals surface area (Å²) in [7, 11) is 0. The molecule has 0 aliphatic heterocycles. The maximum absolute atomic E-state index is 11.6. The maximum atomic E-state index is 11.6. The van der Waals surface area contributed by atoms with E-state index in [1.165, 1.54) is 11.8 Å². The molecule has 0 aliphatic rings. The summed E-state index contributed by atoms with van der Waals surface area (Å²) in [5.41, 5.74) is 0.935. The fourth-order valence-corrected chi connectivity index (χ4v) is 3.01. The Morgan fingerprint density at radius 1 is 1.27 bits per heavy atom. The third-order valence-corrected chi connectivity index (χ3v) is 4.47. The lowest BCUT2D eigenvalue weighted by Crippen LogP contribution is -2.08. The summed E-state index contributed by atoms with van der Waals surface area (Å²) in [5, 5.41) is 9.16. The van der Waals surface area contributed by atoms with Gasteiger partial charge in [0, 0.05) is 12.1 Å². The molecule has 0 fully saturated rings. The first kappa shape index (κ1) is 20.0. The van der Waals surface area contributed by atoms with E-state index in [4.69, 9.17) is 9.47 Å². The van der Waals surface area contributed by atoms with Crippen LogP contribution in [0.5, 0.6) is 5.75 Å². The highest BCUT2D eigenvalue weighted by Crippen LogP contribution is 2.26. The van der Waals surface area contributed by atoms with Gasteiger partial charge in [0.1, 0.15) is 5.75 Å². The Morgan fingerprint density at radius 3 is 2.69 bits per heavy atom. The number of esters is 1. The van der Waals surface area contributed by atoms with Gasteiger partial charge in [0.25, 0.3) is 0 Å². The molecule has 0 aliphatic carbocycles. The van der Waals surface area contributed by atoms with Crippen LogP contribution < -0.4 is 4.74 Å². The van der Waals surface area contributed by atoms with Crippen molar-refractivity contribution in [3.63, 3.8) is 0 Å². The smallest absolute Gasteiger partial charge is 0.316 e. The van der Waals surface area contributed by atoms with Crippen molar-refractivity contribution in [1.29, 1.82) is 0 Å². The molecule has 7 heteroatoms. The first-order valence-corrected chi connectivity index (χ1v) is 9.73. The van der Waals surface area contributed by atoms with Crippen LogP contribution in [0.15, 0.2) is 42.1 Å². The average molecular weight is 375 g/mol. The fourth-order valence-electron chi connectivity index (χ4n) is 2.26. The summed E-state index contributed by atoms with van der Waals surface area (Å²) in [6.45, 7) is 9.37. The Bertz CT molecular complexity index is 713. The lowest BCUT2D eigenvalue weighted by atomic mass is 10.2. The van der Waals surface area contributed by atoms with E-state index in [9.17, 15) is 4.79 Å². The van der Waals surface area contributed by atoms with Gasteiger partial charge in [-0.05, 0) is 37.6 Å². The molecule has 26 heavy (non-hydrogen) atoms. The van der Waals surface area contributed by atoms with Gasteiger partial charge in [0.05, 0.1) is 19.0 Å². The standard InChI is InChI=1S/C19H25N3O3S/c1-4-7-13-25-16-10-8-15(9-11-16)18-20-21-19(22(18)12-5-2)26-14-17(23)24-6-3/h5,8-11H,2,4,6-7,12-14H2,1,3H3. The molecule has 0 N–H and O–H groups in total. The Hall–Kier alpha value is -2.28. The molecule has 0 saturated carbocycles. The van der Waals surface area contributed by atoms with Gasteiger partial charge in [-0.1, -0.05) is 31.2 Å². The minimum absolute atomic E-state index is 0.202. The van der Waals surface area contributed by atoms with Crippen LogP contribution in [0.4, 0.5) is 0 Å². The van der Waals surface area contributed by atoms with Crippen LogP contribution in [-0.2, 0) is 16.1 Å². The van der Waals surface area contributed by atoms with Crippen molar-refractivity contribution < 1.29 is 14.3 Å². The van der Waals surface area contributed by atoms with Gasteiger partial charge in [-0.25, -0.2) is 0 Å². The molecular weight excluding hydrogens is 350 g/mol. The molecule has 1 aromatic carbocycles. The van der Waals surface area contributed by atoms with Crippen LogP contribution in [0.2, 0.25) is 0 Å². The van der Waals surface area contributed by atoms with Gasteiger partial charge in [-0.3, -0.25) is 9.36 Å². The number of unbranched alkanes of at least 4 members (excludes halogenated alkanes) is 1. The molecule has 0 radical (unpaired) electrons. The fraction of sp³-hybridized carbons (Fsp3) is 0.421. The summed E-state index contributed by atoms with van der Waals surface area (Å²) in [6, 6.07) is 7.79. The minimum Gasteiger partial charge on any atom is -0.494 e. The molecule has 0 saturated heterocycles. The largest absolute Gasteiger partial charge is 0.494 e. The second-order valence-electron chi connectivity index (χ2n) is 5.53. The quantitative estimate of drug-likeness (QED) is 0.256. The van der Waals surface area contributed by atoms with Gasteiger partial charge < -0.3 is 9.47 Å². The predicted molar refractivity (Wildman–Crippen MR) is 103 cm³/mol. The van der Waals surface area contributed by atoms with Crippen LogP contribution in [0, 0.1) is 0 Å². The zero-order valence-electron chi connectivity index (χ0n) is 15.3. The number of aromatic nitrogens is 3. The van der Waals surface area contributed by atoms with Gasteiger partial charge in [0.2, 0.25) is 0 Å². The predicted octanol–water partition coefficient (Wildman–Crippen LogP) is 3.97. The number of thioether (sulfide) groups is 1. The highest BCUT2D eigenvalue weighted by atomic mass is 32.2. The molecule has 1 heterocycles. The second kappa shape index (κ2) is 10.7. The van der Waals surface area contributed by atoms with E-state index in [1.807, 2.05) is 28.8 Å². The molecule has 0 atom stereocenters. The van der Waals surface area contributed by atoms with Crippen LogP contribution in [0.3, 0.4) is 0 Å². The number of hydrogen-bond donors (Lipinski definition) is 0. The molecule has 2 rings (SSSR count). The SMILES string of the molecule is C=CCn1c(SCC(=O)OCC)nnc1-c1ccc(OCCCC)cc1. The van der Waals surface area contributed by atoms with Crippen LogP contribution in [-0.4, -0.2) is 39.7 Å². The molecule has 0 bridgehead atoms. The molecule has 140 valence electrons. The highest BCUT2D eigenvalue weighted by molar-refractivity contribution is 7.99. The normalized spacial score (nSPS) is 10.5. The van der Waals surface area contributed by atoms with E-state index in [-0.39, 0.29) is 11.7 Å². The lowest BCUT2D eigenvalue weighted by molar-refractivity contribution is -0.139. The van der Waals surface area contributed by atoms with E-state index >= 15 is 0 Å².